The molecule has 0 aromatic rings. The van der Waals surface area contributed by atoms with Crippen molar-refractivity contribution in [1.82, 2.24) is 0 Å². The first-order valence-corrected chi connectivity index (χ1v) is 15.1. The van der Waals surface area contributed by atoms with Gasteiger partial charge in [0, 0.05) is 0 Å². The van der Waals surface area contributed by atoms with E-state index in [0.717, 1.165) is 36.8 Å². The van der Waals surface area contributed by atoms with E-state index < -0.39 is 17.0 Å². The van der Waals surface area contributed by atoms with Crippen LogP contribution in [0.15, 0.2) is 0 Å². The van der Waals surface area contributed by atoms with Crippen molar-refractivity contribution in [3.05, 3.63) is 10.6 Å². The van der Waals surface area contributed by atoms with E-state index in [0.29, 0.717) is 12.1 Å². The maximum absolute atomic E-state index is 4.93. The molecule has 2 nitrogen and oxygen atoms in total. The molecule has 0 atom stereocenters. The zero-order valence-electron chi connectivity index (χ0n) is 17.4. The Morgan fingerprint density at radius 1 is 0.692 bits per heavy atom. The van der Waals surface area contributed by atoms with Crippen molar-refractivity contribution < 1.29 is 17.0 Å². The number of halogens is 2. The van der Waals surface area contributed by atoms with Crippen LogP contribution in [0.3, 0.4) is 0 Å². The Kier molecular flexibility index (Phi) is 14.7. The molecule has 0 bridgehead atoms. The van der Waals surface area contributed by atoms with Crippen molar-refractivity contribution in [3.63, 3.8) is 0 Å². The van der Waals surface area contributed by atoms with Gasteiger partial charge < -0.3 is 10.6 Å². The van der Waals surface area contributed by atoms with Crippen molar-refractivity contribution >= 4 is 18.6 Å². The second-order valence-corrected chi connectivity index (χ2v) is 11.4. The van der Waals surface area contributed by atoms with Crippen LogP contribution >= 0.6 is 18.6 Å². The summed E-state index contributed by atoms with van der Waals surface area (Å²) in [5, 5.41) is 9.87. The predicted octanol–water partition coefficient (Wildman–Crippen LogP) is 7.93. The van der Waals surface area contributed by atoms with E-state index in [1.807, 2.05) is 0 Å². The Labute approximate surface area is 180 Å². The van der Waals surface area contributed by atoms with Crippen LogP contribution in [0, 0.1) is 23.7 Å². The van der Waals surface area contributed by atoms with Crippen LogP contribution < -0.4 is 0 Å². The van der Waals surface area contributed by atoms with Gasteiger partial charge in [-0.3, -0.25) is 0 Å². The number of hydrogen-bond donors (Lipinski definition) is 0. The number of rotatable bonds is 8. The number of nitrogens with zero attached hydrogens (tertiary/aromatic N) is 2. The van der Waals surface area contributed by atoms with Crippen LogP contribution in [0.25, 0.3) is 10.6 Å². The van der Waals surface area contributed by atoms with Crippen LogP contribution in [0.2, 0.25) is 0 Å². The SMILES string of the molecule is CC(C)C1CCC([N-]CCC[N-]C2CCC(C(C)C)CC2)CC1.[Cl][Ti][Cl]. The summed E-state index contributed by atoms with van der Waals surface area (Å²) in [6.45, 7) is 11.6. The fourth-order valence-electron chi connectivity index (χ4n) is 4.52. The van der Waals surface area contributed by atoms with E-state index in [4.69, 9.17) is 29.2 Å². The Morgan fingerprint density at radius 3 is 1.27 bits per heavy atom. The van der Waals surface area contributed by atoms with E-state index in [2.05, 4.69) is 27.7 Å². The minimum atomic E-state index is -0.556. The van der Waals surface area contributed by atoms with Crippen molar-refractivity contribution in [2.45, 2.75) is 97.6 Å². The Balaban J connectivity index is 0.00000105. The minimum absolute atomic E-state index is 0.556. The quantitative estimate of drug-likeness (QED) is 0.271. The van der Waals surface area contributed by atoms with E-state index in [1.165, 1.54) is 57.8 Å². The first-order chi connectivity index (χ1) is 12.5. The monoisotopic (exact) mass is 438 g/mol. The zero-order valence-corrected chi connectivity index (χ0v) is 20.5. The van der Waals surface area contributed by atoms with Crippen molar-refractivity contribution in [1.29, 1.82) is 0 Å². The summed E-state index contributed by atoms with van der Waals surface area (Å²) in [4.78, 5) is 0. The topological polar surface area (TPSA) is 28.2 Å². The molecule has 0 N–H and O–H groups in total. The summed E-state index contributed by atoms with van der Waals surface area (Å²) in [5.41, 5.74) is 0. The molecule has 2 aliphatic rings. The summed E-state index contributed by atoms with van der Waals surface area (Å²) in [5.74, 6) is 3.64. The van der Waals surface area contributed by atoms with Gasteiger partial charge in [-0.25, -0.2) is 0 Å². The first-order valence-electron chi connectivity index (χ1n) is 10.8. The summed E-state index contributed by atoms with van der Waals surface area (Å²) >= 11 is -0.556. The van der Waals surface area contributed by atoms with Gasteiger partial charge in [0.15, 0.2) is 0 Å². The average molecular weight is 439 g/mol. The third-order valence-electron chi connectivity index (χ3n) is 6.46. The van der Waals surface area contributed by atoms with E-state index >= 15 is 0 Å². The predicted molar refractivity (Wildman–Crippen MR) is 114 cm³/mol. The van der Waals surface area contributed by atoms with Crippen molar-refractivity contribution in [2.24, 2.45) is 23.7 Å². The van der Waals surface area contributed by atoms with Gasteiger partial charge in [0.25, 0.3) is 0 Å². The molecule has 0 amide bonds. The van der Waals surface area contributed by atoms with Gasteiger partial charge in [-0.05, 0) is 23.7 Å². The molecule has 26 heavy (non-hydrogen) atoms. The Hall–Kier alpha value is 1.21. The zero-order chi connectivity index (χ0) is 19.4. The van der Waals surface area contributed by atoms with Crippen LogP contribution in [0.1, 0.15) is 85.5 Å². The van der Waals surface area contributed by atoms with Crippen molar-refractivity contribution in [2.75, 3.05) is 13.1 Å². The van der Waals surface area contributed by atoms with Gasteiger partial charge in [-0.1, -0.05) is 85.5 Å². The van der Waals surface area contributed by atoms with Gasteiger partial charge in [0.05, 0.1) is 0 Å². The van der Waals surface area contributed by atoms with Gasteiger partial charge in [0.2, 0.25) is 0 Å². The van der Waals surface area contributed by atoms with E-state index in [-0.39, 0.29) is 0 Å². The third kappa shape index (κ3) is 10.7. The van der Waals surface area contributed by atoms with E-state index in [1.54, 1.807) is 0 Å². The molecule has 2 saturated carbocycles. The third-order valence-corrected chi connectivity index (χ3v) is 6.46. The van der Waals surface area contributed by atoms with Gasteiger partial charge >= 0.3 is 35.6 Å². The molecular formula is C21H40Cl2N2Ti-2. The second-order valence-electron chi connectivity index (χ2n) is 8.86. The van der Waals surface area contributed by atoms with Gasteiger partial charge in [-0.15, -0.1) is 12.1 Å². The molecule has 2 rings (SSSR count). The Bertz CT molecular complexity index is 296. The summed E-state index contributed by atoms with van der Waals surface area (Å²) in [6.07, 6.45) is 12.1. The molecule has 0 aromatic carbocycles. The van der Waals surface area contributed by atoms with Crippen LogP contribution in [-0.4, -0.2) is 25.2 Å². The summed E-state index contributed by atoms with van der Waals surface area (Å²) < 4.78 is 0. The van der Waals surface area contributed by atoms with Crippen molar-refractivity contribution in [3.8, 4) is 0 Å². The summed E-state index contributed by atoms with van der Waals surface area (Å²) in [6, 6.07) is 1.32. The summed E-state index contributed by atoms with van der Waals surface area (Å²) in [7, 11) is 9.78. The molecule has 0 saturated heterocycles. The fourth-order valence-corrected chi connectivity index (χ4v) is 4.52. The molecule has 0 aliphatic heterocycles. The molecule has 0 unspecified atom stereocenters. The maximum atomic E-state index is 4.93. The fraction of sp³-hybridized carbons (Fsp3) is 1.00. The second kappa shape index (κ2) is 15.1. The normalized spacial score (nSPS) is 29.4. The molecule has 2 fully saturated rings. The average Bonchev–Trinajstić information content (AvgIpc) is 2.63. The molecular weight excluding hydrogens is 399 g/mol. The molecule has 0 aromatic heterocycles. The molecule has 0 spiro atoms. The van der Waals surface area contributed by atoms with Gasteiger partial charge in [-0.2, -0.15) is 13.1 Å². The molecule has 5 heteroatoms. The van der Waals surface area contributed by atoms with E-state index in [9.17, 15) is 0 Å². The van der Waals surface area contributed by atoms with Crippen LogP contribution in [0.4, 0.5) is 0 Å². The molecule has 0 heterocycles. The molecule has 154 valence electrons. The van der Waals surface area contributed by atoms with Crippen LogP contribution in [-0.2, 0) is 17.0 Å². The molecule has 2 aliphatic carbocycles. The Morgan fingerprint density at radius 2 is 1.00 bits per heavy atom. The number of hydrogen-bond acceptors (Lipinski definition) is 0. The first kappa shape index (κ1) is 25.3. The van der Waals surface area contributed by atoms with Crippen LogP contribution in [0.5, 0.6) is 0 Å². The van der Waals surface area contributed by atoms with Gasteiger partial charge in [0.1, 0.15) is 0 Å². The molecule has 0 radical (unpaired) electrons. The standard InChI is InChI=1S/C21H40N2.2ClH.Ti/c1-16(2)18-6-10-20(11-7-18)22-14-5-15-23-21-12-8-19(9-13-21)17(3)4;;;/h16-21H,5-15H2,1-4H3;2*1H;/q-2;;;+2/p-2.